The Morgan fingerprint density at radius 2 is 1.54 bits per heavy atom. The molecule has 0 saturated carbocycles. The smallest absolute Gasteiger partial charge is 0.232 e. The molecule has 1 unspecified atom stereocenters. The van der Waals surface area contributed by atoms with Crippen molar-refractivity contribution in [1.29, 1.82) is 0 Å². The maximum atomic E-state index is 12.9. The molecule has 1 aliphatic carbocycles. The Morgan fingerprint density at radius 3 is 2.08 bits per heavy atom. The number of aliphatic hydroxyl groups is 1. The third kappa shape index (κ3) is 4.14. The number of hydrogen-bond donors (Lipinski definition) is 3. The highest BCUT2D eigenvalue weighted by molar-refractivity contribution is 5.96. The van der Waals surface area contributed by atoms with Crippen molar-refractivity contribution in [3.05, 3.63) is 59.7 Å². The molecular weight excluding hydrogens is 324 g/mol. The molecule has 0 aromatic heterocycles. The second-order valence-corrected chi connectivity index (χ2v) is 8.20. The van der Waals surface area contributed by atoms with Crippen LogP contribution < -0.4 is 10.6 Å². The Bertz CT molecular complexity index is 734. The van der Waals surface area contributed by atoms with E-state index < -0.39 is 6.10 Å². The van der Waals surface area contributed by atoms with E-state index in [9.17, 15) is 9.90 Å². The molecule has 0 heterocycles. The molecule has 0 bridgehead atoms. The Labute approximate surface area is 155 Å². The van der Waals surface area contributed by atoms with Gasteiger partial charge in [0.15, 0.2) is 0 Å². The monoisotopic (exact) mass is 352 g/mol. The number of carbonyl (C=O) groups is 1. The van der Waals surface area contributed by atoms with Crippen molar-refractivity contribution >= 4 is 5.91 Å². The summed E-state index contributed by atoms with van der Waals surface area (Å²) in [5.41, 5.74) is 4.48. The molecule has 1 amide bonds. The van der Waals surface area contributed by atoms with Crippen LogP contribution in [0.3, 0.4) is 0 Å². The second kappa shape index (κ2) is 7.60. The third-order valence-corrected chi connectivity index (χ3v) is 4.64. The maximum absolute atomic E-state index is 12.9. The van der Waals surface area contributed by atoms with E-state index >= 15 is 0 Å². The Morgan fingerprint density at radius 1 is 1.00 bits per heavy atom. The molecule has 0 aliphatic heterocycles. The standard InChI is InChI=1S/C22H28N2O2/c1-22(2,3)14-23-12-15(25)13-24-21(26)20-18-10-6-4-8-16(18)17-9-5-7-11-19(17)20/h4-11,15,20,23,25H,12-14H2,1-3H3,(H,24,26). The number of fused-ring (bicyclic) bond motifs is 3. The number of carbonyl (C=O) groups excluding carboxylic acids is 1. The molecule has 2 aromatic carbocycles. The van der Waals surface area contributed by atoms with Crippen LogP contribution in [-0.2, 0) is 4.79 Å². The minimum absolute atomic E-state index is 0.0581. The number of hydrogen-bond acceptors (Lipinski definition) is 3. The van der Waals surface area contributed by atoms with E-state index in [4.69, 9.17) is 0 Å². The fourth-order valence-corrected chi connectivity index (χ4v) is 3.44. The fraction of sp³-hybridized carbons (Fsp3) is 0.409. The Kier molecular flexibility index (Phi) is 5.44. The number of nitrogens with one attached hydrogen (secondary N) is 2. The zero-order valence-electron chi connectivity index (χ0n) is 15.8. The van der Waals surface area contributed by atoms with Crippen molar-refractivity contribution < 1.29 is 9.90 Å². The topological polar surface area (TPSA) is 61.4 Å². The van der Waals surface area contributed by atoms with Crippen molar-refractivity contribution in [2.75, 3.05) is 19.6 Å². The summed E-state index contributed by atoms with van der Waals surface area (Å²) in [6.07, 6.45) is -0.604. The summed E-state index contributed by atoms with van der Waals surface area (Å²) in [7, 11) is 0. The van der Waals surface area contributed by atoms with Gasteiger partial charge in [-0.25, -0.2) is 0 Å². The molecule has 3 N–H and O–H groups in total. The van der Waals surface area contributed by atoms with Gasteiger partial charge in [-0.3, -0.25) is 4.79 Å². The molecule has 0 spiro atoms. The van der Waals surface area contributed by atoms with Gasteiger partial charge in [0.1, 0.15) is 0 Å². The van der Waals surface area contributed by atoms with E-state index in [0.717, 1.165) is 28.8 Å². The van der Waals surface area contributed by atoms with Crippen LogP contribution in [0.5, 0.6) is 0 Å². The van der Waals surface area contributed by atoms with Gasteiger partial charge in [0.2, 0.25) is 5.91 Å². The quantitative estimate of drug-likeness (QED) is 0.749. The van der Waals surface area contributed by atoms with Gasteiger partial charge in [0.25, 0.3) is 0 Å². The summed E-state index contributed by atoms with van der Waals surface area (Å²) in [5.74, 6) is -0.366. The first kappa shape index (κ1) is 18.6. The maximum Gasteiger partial charge on any atom is 0.232 e. The summed E-state index contributed by atoms with van der Waals surface area (Å²) in [4.78, 5) is 12.9. The fourth-order valence-electron chi connectivity index (χ4n) is 3.44. The highest BCUT2D eigenvalue weighted by atomic mass is 16.3. The lowest BCUT2D eigenvalue weighted by atomic mass is 9.96. The first-order valence-corrected chi connectivity index (χ1v) is 9.21. The van der Waals surface area contributed by atoms with E-state index in [1.54, 1.807) is 0 Å². The predicted molar refractivity (Wildman–Crippen MR) is 105 cm³/mol. The van der Waals surface area contributed by atoms with E-state index in [1.807, 2.05) is 36.4 Å². The average Bonchev–Trinajstić information content (AvgIpc) is 2.93. The van der Waals surface area contributed by atoms with Crippen molar-refractivity contribution in [2.45, 2.75) is 32.8 Å². The van der Waals surface area contributed by atoms with E-state index in [1.165, 1.54) is 0 Å². The highest BCUT2D eigenvalue weighted by Crippen LogP contribution is 2.44. The summed E-state index contributed by atoms with van der Waals surface area (Å²) in [5, 5.41) is 16.3. The minimum Gasteiger partial charge on any atom is -0.390 e. The normalized spacial score (nSPS) is 14.6. The molecule has 1 atom stereocenters. The minimum atomic E-state index is -0.604. The van der Waals surface area contributed by atoms with Crippen LogP contribution in [-0.4, -0.2) is 36.8 Å². The van der Waals surface area contributed by atoms with Crippen LogP contribution in [0, 0.1) is 5.41 Å². The van der Waals surface area contributed by atoms with Crippen LogP contribution in [0.2, 0.25) is 0 Å². The van der Waals surface area contributed by atoms with Crippen LogP contribution in [0.1, 0.15) is 37.8 Å². The lowest BCUT2D eigenvalue weighted by Gasteiger charge is -2.21. The molecule has 0 saturated heterocycles. The molecule has 26 heavy (non-hydrogen) atoms. The first-order chi connectivity index (χ1) is 12.4. The lowest BCUT2D eigenvalue weighted by Crippen LogP contribution is -2.41. The first-order valence-electron chi connectivity index (χ1n) is 9.21. The summed E-state index contributed by atoms with van der Waals surface area (Å²) >= 11 is 0. The molecule has 1 aliphatic rings. The number of rotatable bonds is 6. The number of amides is 1. The summed E-state index contributed by atoms with van der Waals surface area (Å²) in [6, 6.07) is 16.1. The van der Waals surface area contributed by atoms with Crippen molar-refractivity contribution in [3.63, 3.8) is 0 Å². The Balaban J connectivity index is 1.63. The van der Waals surface area contributed by atoms with E-state index in [0.29, 0.717) is 6.54 Å². The largest absolute Gasteiger partial charge is 0.390 e. The van der Waals surface area contributed by atoms with Crippen LogP contribution in [0.4, 0.5) is 0 Å². The van der Waals surface area contributed by atoms with Crippen molar-refractivity contribution in [2.24, 2.45) is 5.41 Å². The third-order valence-electron chi connectivity index (χ3n) is 4.64. The average molecular weight is 352 g/mol. The molecule has 0 radical (unpaired) electrons. The SMILES string of the molecule is CC(C)(C)CNCC(O)CNC(=O)C1c2ccccc2-c2ccccc21. The van der Waals surface area contributed by atoms with Gasteiger partial charge in [-0.15, -0.1) is 0 Å². The zero-order valence-corrected chi connectivity index (χ0v) is 15.8. The molecule has 138 valence electrons. The molecule has 4 nitrogen and oxygen atoms in total. The number of benzene rings is 2. The van der Waals surface area contributed by atoms with Crippen LogP contribution >= 0.6 is 0 Å². The molecular formula is C22H28N2O2. The molecule has 3 rings (SSSR count). The van der Waals surface area contributed by atoms with E-state index in [-0.39, 0.29) is 23.8 Å². The highest BCUT2D eigenvalue weighted by Gasteiger charge is 2.33. The van der Waals surface area contributed by atoms with Crippen molar-refractivity contribution in [1.82, 2.24) is 10.6 Å². The molecule has 4 heteroatoms. The summed E-state index contributed by atoms with van der Waals surface area (Å²) < 4.78 is 0. The van der Waals surface area contributed by atoms with Crippen molar-refractivity contribution in [3.8, 4) is 11.1 Å². The van der Waals surface area contributed by atoms with Gasteiger partial charge in [-0.2, -0.15) is 0 Å². The van der Waals surface area contributed by atoms with Gasteiger partial charge >= 0.3 is 0 Å². The van der Waals surface area contributed by atoms with Crippen LogP contribution in [0.15, 0.2) is 48.5 Å². The number of aliphatic hydroxyl groups excluding tert-OH is 1. The van der Waals surface area contributed by atoms with Gasteiger partial charge in [0, 0.05) is 19.6 Å². The van der Waals surface area contributed by atoms with E-state index in [2.05, 4.69) is 43.5 Å². The molecule has 0 fully saturated rings. The molecule has 2 aromatic rings. The summed E-state index contributed by atoms with van der Waals surface area (Å²) in [6.45, 7) is 7.96. The lowest BCUT2D eigenvalue weighted by molar-refractivity contribution is -0.122. The zero-order chi connectivity index (χ0) is 18.7. The van der Waals surface area contributed by atoms with Gasteiger partial charge in [-0.1, -0.05) is 69.3 Å². The second-order valence-electron chi connectivity index (χ2n) is 8.20. The van der Waals surface area contributed by atoms with Gasteiger partial charge < -0.3 is 15.7 Å². The Hall–Kier alpha value is -2.17. The van der Waals surface area contributed by atoms with Crippen LogP contribution in [0.25, 0.3) is 11.1 Å². The predicted octanol–water partition coefficient (Wildman–Crippen LogP) is 2.91. The van der Waals surface area contributed by atoms with Gasteiger partial charge in [0.05, 0.1) is 12.0 Å². The van der Waals surface area contributed by atoms with Gasteiger partial charge in [-0.05, 0) is 27.7 Å².